The van der Waals surface area contributed by atoms with E-state index in [1.807, 2.05) is 0 Å². The molecule has 0 fully saturated rings. The van der Waals surface area contributed by atoms with Gasteiger partial charge >= 0.3 is 5.97 Å². The quantitative estimate of drug-likeness (QED) is 0.549. The molecule has 0 saturated heterocycles. The molecule has 1 aromatic rings. The van der Waals surface area contributed by atoms with E-state index in [9.17, 15) is 23.3 Å². The minimum Gasteiger partial charge on any atom is -0.480 e. The van der Waals surface area contributed by atoms with Gasteiger partial charge in [-0.05, 0) is 12.3 Å². The SMILES string of the molecule is CC(C)C[C@@H](NS(=O)(=O)Cc1ccccc1[N+](=O)[O-])C(=O)O. The lowest BCUT2D eigenvalue weighted by Gasteiger charge is -2.16. The lowest BCUT2D eigenvalue weighted by molar-refractivity contribution is -0.385. The third kappa shape index (κ3) is 5.41. The molecule has 0 spiro atoms. The number of hydrogen-bond donors (Lipinski definition) is 2. The fraction of sp³-hybridized carbons (Fsp3) is 0.462. The average molecular weight is 330 g/mol. The molecule has 0 aliphatic carbocycles. The van der Waals surface area contributed by atoms with Crippen molar-refractivity contribution in [2.45, 2.75) is 32.1 Å². The molecule has 0 aliphatic heterocycles. The Hall–Kier alpha value is -2.00. The third-order valence-electron chi connectivity index (χ3n) is 2.86. The van der Waals surface area contributed by atoms with E-state index >= 15 is 0 Å². The van der Waals surface area contributed by atoms with Crippen LogP contribution in [0.3, 0.4) is 0 Å². The van der Waals surface area contributed by atoms with Crippen LogP contribution in [0.4, 0.5) is 5.69 Å². The van der Waals surface area contributed by atoms with Gasteiger partial charge in [0.2, 0.25) is 10.0 Å². The monoisotopic (exact) mass is 330 g/mol. The topological polar surface area (TPSA) is 127 Å². The molecule has 22 heavy (non-hydrogen) atoms. The van der Waals surface area contributed by atoms with Crippen molar-refractivity contribution in [3.05, 3.63) is 39.9 Å². The van der Waals surface area contributed by atoms with Gasteiger partial charge < -0.3 is 5.11 Å². The highest BCUT2D eigenvalue weighted by Gasteiger charge is 2.27. The van der Waals surface area contributed by atoms with Crippen LogP contribution in [-0.2, 0) is 20.6 Å². The minimum absolute atomic E-state index is 0.00804. The molecular weight excluding hydrogens is 312 g/mol. The van der Waals surface area contributed by atoms with Gasteiger partial charge in [0.1, 0.15) is 6.04 Å². The molecule has 0 unspecified atom stereocenters. The van der Waals surface area contributed by atoms with E-state index in [-0.39, 0.29) is 23.6 Å². The van der Waals surface area contributed by atoms with E-state index in [1.54, 1.807) is 13.8 Å². The van der Waals surface area contributed by atoms with Crippen molar-refractivity contribution in [2.75, 3.05) is 0 Å². The zero-order valence-corrected chi connectivity index (χ0v) is 13.0. The Kier molecular flexibility index (Phi) is 6.01. The molecule has 122 valence electrons. The summed E-state index contributed by atoms with van der Waals surface area (Å²) in [6.07, 6.45) is 0.130. The minimum atomic E-state index is -4.02. The van der Waals surface area contributed by atoms with Crippen LogP contribution >= 0.6 is 0 Å². The lowest BCUT2D eigenvalue weighted by Crippen LogP contribution is -2.42. The van der Waals surface area contributed by atoms with Crippen molar-refractivity contribution in [3.63, 3.8) is 0 Å². The summed E-state index contributed by atoms with van der Waals surface area (Å²) in [6.45, 7) is 3.54. The normalized spacial score (nSPS) is 13.0. The van der Waals surface area contributed by atoms with Gasteiger partial charge in [0.25, 0.3) is 5.69 Å². The van der Waals surface area contributed by atoms with Crippen molar-refractivity contribution in [1.29, 1.82) is 0 Å². The van der Waals surface area contributed by atoms with E-state index < -0.39 is 32.7 Å². The first-order valence-corrected chi connectivity index (χ1v) is 8.22. The first-order valence-electron chi connectivity index (χ1n) is 6.57. The Labute approximate surface area is 128 Å². The van der Waals surface area contributed by atoms with Gasteiger partial charge in [0.05, 0.1) is 10.7 Å². The number of rotatable bonds is 8. The highest BCUT2D eigenvalue weighted by Crippen LogP contribution is 2.20. The second-order valence-corrected chi connectivity index (χ2v) is 7.04. The van der Waals surface area contributed by atoms with Gasteiger partial charge in [-0.3, -0.25) is 14.9 Å². The zero-order valence-electron chi connectivity index (χ0n) is 12.2. The number of nitrogens with one attached hydrogen (secondary N) is 1. The smallest absolute Gasteiger partial charge is 0.321 e. The summed E-state index contributed by atoms with van der Waals surface area (Å²) in [5.74, 6) is -1.94. The largest absolute Gasteiger partial charge is 0.480 e. The lowest BCUT2D eigenvalue weighted by atomic mass is 10.1. The summed E-state index contributed by atoms with van der Waals surface area (Å²) in [5, 5.41) is 19.9. The molecule has 8 nitrogen and oxygen atoms in total. The molecule has 9 heteroatoms. The number of sulfonamides is 1. The first-order chi connectivity index (χ1) is 10.1. The van der Waals surface area contributed by atoms with E-state index in [0.717, 1.165) is 0 Å². The summed E-state index contributed by atoms with van der Waals surface area (Å²) in [5.41, 5.74) is -0.308. The van der Waals surface area contributed by atoms with E-state index in [1.165, 1.54) is 24.3 Å². The number of hydrogen-bond acceptors (Lipinski definition) is 5. The highest BCUT2D eigenvalue weighted by atomic mass is 32.2. The predicted octanol–water partition coefficient (Wildman–Crippen LogP) is 1.51. The van der Waals surface area contributed by atoms with Crippen LogP contribution in [0.25, 0.3) is 0 Å². The molecule has 1 rings (SSSR count). The predicted molar refractivity (Wildman–Crippen MR) is 79.7 cm³/mol. The van der Waals surface area contributed by atoms with E-state index in [2.05, 4.69) is 4.72 Å². The summed E-state index contributed by atoms with van der Waals surface area (Å²) in [6, 6.07) is 4.19. The van der Waals surface area contributed by atoms with Crippen molar-refractivity contribution in [3.8, 4) is 0 Å². The van der Waals surface area contributed by atoms with Gasteiger partial charge in [0, 0.05) is 11.6 Å². The van der Waals surface area contributed by atoms with Gasteiger partial charge in [-0.2, -0.15) is 0 Å². The van der Waals surface area contributed by atoms with Crippen LogP contribution in [0.1, 0.15) is 25.8 Å². The maximum absolute atomic E-state index is 12.1. The first kappa shape index (κ1) is 18.1. The number of aliphatic carboxylic acids is 1. The number of carbonyl (C=O) groups is 1. The summed E-state index contributed by atoms with van der Waals surface area (Å²) < 4.78 is 26.2. The Morgan fingerprint density at radius 2 is 1.95 bits per heavy atom. The molecule has 1 aromatic carbocycles. The average Bonchev–Trinajstić information content (AvgIpc) is 2.36. The van der Waals surface area contributed by atoms with Gasteiger partial charge in [-0.15, -0.1) is 0 Å². The van der Waals surface area contributed by atoms with Crippen LogP contribution in [0, 0.1) is 16.0 Å². The molecule has 0 heterocycles. The Morgan fingerprint density at radius 1 is 1.36 bits per heavy atom. The summed E-state index contributed by atoms with van der Waals surface area (Å²) in [7, 11) is -4.02. The fourth-order valence-corrected chi connectivity index (χ4v) is 3.31. The maximum atomic E-state index is 12.1. The molecule has 0 radical (unpaired) electrons. The van der Waals surface area contributed by atoms with Crippen LogP contribution in [0.5, 0.6) is 0 Å². The maximum Gasteiger partial charge on any atom is 0.321 e. The number of carboxylic acids is 1. The van der Waals surface area contributed by atoms with Crippen molar-refractivity contribution < 1.29 is 23.2 Å². The second kappa shape index (κ2) is 7.32. The number of carboxylic acid groups (broad SMARTS) is 1. The molecule has 1 atom stereocenters. The Bertz CT molecular complexity index is 656. The Balaban J connectivity index is 2.96. The van der Waals surface area contributed by atoms with Gasteiger partial charge in [-0.25, -0.2) is 13.1 Å². The molecule has 0 aliphatic rings. The second-order valence-electron chi connectivity index (χ2n) is 5.28. The van der Waals surface area contributed by atoms with Crippen molar-refractivity contribution in [1.82, 2.24) is 4.72 Å². The number of nitro benzene ring substituents is 1. The number of nitro groups is 1. The number of nitrogens with zero attached hydrogens (tertiary/aromatic N) is 1. The van der Waals surface area contributed by atoms with E-state index in [4.69, 9.17) is 5.11 Å². The van der Waals surface area contributed by atoms with Crippen molar-refractivity contribution in [2.24, 2.45) is 5.92 Å². The van der Waals surface area contributed by atoms with Crippen LogP contribution in [0.15, 0.2) is 24.3 Å². The summed E-state index contributed by atoms with van der Waals surface area (Å²) >= 11 is 0. The van der Waals surface area contributed by atoms with Gasteiger partial charge in [-0.1, -0.05) is 32.0 Å². The van der Waals surface area contributed by atoms with E-state index in [0.29, 0.717) is 0 Å². The molecular formula is C13H18N2O6S. The van der Waals surface area contributed by atoms with Gasteiger partial charge in [0.15, 0.2) is 0 Å². The molecule has 2 N–H and O–H groups in total. The van der Waals surface area contributed by atoms with Crippen molar-refractivity contribution >= 4 is 21.7 Å². The molecule has 0 aromatic heterocycles. The van der Waals surface area contributed by atoms with Crippen LogP contribution in [-0.4, -0.2) is 30.5 Å². The molecule has 0 bridgehead atoms. The number of benzene rings is 1. The standard InChI is InChI=1S/C13H18N2O6S/c1-9(2)7-11(13(16)17)14-22(20,21)8-10-5-3-4-6-12(10)15(18)19/h3-6,9,11,14H,7-8H2,1-2H3,(H,16,17)/t11-/m1/s1. The molecule has 0 saturated carbocycles. The Morgan fingerprint density at radius 3 is 2.45 bits per heavy atom. The third-order valence-corrected chi connectivity index (χ3v) is 4.20. The fourth-order valence-electron chi connectivity index (χ4n) is 1.94. The summed E-state index contributed by atoms with van der Waals surface area (Å²) in [4.78, 5) is 21.3. The van der Waals surface area contributed by atoms with Crippen LogP contribution in [0.2, 0.25) is 0 Å². The highest BCUT2D eigenvalue weighted by molar-refractivity contribution is 7.88. The van der Waals surface area contributed by atoms with Crippen LogP contribution < -0.4 is 4.72 Å². The zero-order chi connectivity index (χ0) is 16.9. The molecule has 0 amide bonds. The number of para-hydroxylation sites is 1.